The highest BCUT2D eigenvalue weighted by molar-refractivity contribution is 6.04. The van der Waals surface area contributed by atoms with Crippen LogP contribution in [0.5, 0.6) is 11.5 Å². The molecular formula is C27H27F2N3O4. The van der Waals surface area contributed by atoms with Gasteiger partial charge in [-0.25, -0.2) is 0 Å². The Morgan fingerprint density at radius 3 is 2.56 bits per heavy atom. The average molecular weight is 496 g/mol. The molecule has 1 heterocycles. The summed E-state index contributed by atoms with van der Waals surface area (Å²) in [5, 5.41) is 5.71. The van der Waals surface area contributed by atoms with Crippen LogP contribution in [0.4, 0.5) is 14.5 Å². The molecule has 0 unspecified atom stereocenters. The SMILES string of the molecule is COc1cc(C(=O)NCc2cccc(C(=O)Nc3ccc4c(c3)CN(C)CC4)c2)ccc1OC(F)F. The lowest BCUT2D eigenvalue weighted by Crippen LogP contribution is -2.26. The molecule has 2 amide bonds. The summed E-state index contributed by atoms with van der Waals surface area (Å²) in [4.78, 5) is 27.7. The fourth-order valence-electron chi connectivity index (χ4n) is 4.09. The number of hydrogen-bond donors (Lipinski definition) is 2. The number of likely N-dealkylation sites (N-methyl/N-ethyl adjacent to an activating group) is 1. The molecular weight excluding hydrogens is 468 g/mol. The normalized spacial score (nSPS) is 13.1. The molecule has 188 valence electrons. The lowest BCUT2D eigenvalue weighted by atomic mass is 9.99. The fraction of sp³-hybridized carbons (Fsp3) is 0.259. The molecule has 0 saturated carbocycles. The molecule has 0 aliphatic carbocycles. The van der Waals surface area contributed by atoms with E-state index in [0.717, 1.165) is 30.8 Å². The molecule has 1 aliphatic rings. The van der Waals surface area contributed by atoms with Crippen molar-refractivity contribution < 1.29 is 27.8 Å². The van der Waals surface area contributed by atoms with E-state index in [1.165, 1.54) is 36.4 Å². The number of rotatable bonds is 8. The second-order valence-electron chi connectivity index (χ2n) is 8.55. The third kappa shape index (κ3) is 6.17. The van der Waals surface area contributed by atoms with E-state index >= 15 is 0 Å². The summed E-state index contributed by atoms with van der Waals surface area (Å²) in [5.74, 6) is -0.804. The van der Waals surface area contributed by atoms with Gasteiger partial charge in [-0.1, -0.05) is 18.2 Å². The highest BCUT2D eigenvalue weighted by Crippen LogP contribution is 2.29. The molecule has 0 saturated heterocycles. The van der Waals surface area contributed by atoms with Gasteiger partial charge in [0, 0.05) is 36.4 Å². The number of hydrogen-bond acceptors (Lipinski definition) is 5. The Hall–Kier alpha value is -3.98. The van der Waals surface area contributed by atoms with Crippen LogP contribution in [0, 0.1) is 0 Å². The van der Waals surface area contributed by atoms with E-state index in [4.69, 9.17) is 4.74 Å². The number of carbonyl (C=O) groups excluding carboxylic acids is 2. The Morgan fingerprint density at radius 1 is 0.972 bits per heavy atom. The number of carbonyl (C=O) groups is 2. The third-order valence-corrected chi connectivity index (χ3v) is 5.95. The van der Waals surface area contributed by atoms with Crippen molar-refractivity contribution in [3.63, 3.8) is 0 Å². The molecule has 0 radical (unpaired) electrons. The first-order chi connectivity index (χ1) is 17.3. The minimum Gasteiger partial charge on any atom is -0.493 e. The standard InChI is InChI=1S/C27H27F2N3O4/c1-32-11-10-18-6-8-22(13-21(18)16-32)31-26(34)19-5-3-4-17(12-19)15-30-25(33)20-7-9-23(36-27(28)29)24(14-20)35-2/h3-9,12-14,27H,10-11,15-16H2,1-2H3,(H,30,33)(H,31,34). The number of methoxy groups -OCH3 is 1. The first kappa shape index (κ1) is 25.1. The van der Waals surface area contributed by atoms with Crippen molar-refractivity contribution in [2.75, 3.05) is 26.0 Å². The number of fused-ring (bicyclic) bond motifs is 1. The van der Waals surface area contributed by atoms with Gasteiger partial charge >= 0.3 is 6.61 Å². The molecule has 4 rings (SSSR count). The van der Waals surface area contributed by atoms with E-state index in [0.29, 0.717) is 5.56 Å². The van der Waals surface area contributed by atoms with Crippen molar-refractivity contribution in [1.29, 1.82) is 0 Å². The van der Waals surface area contributed by atoms with Crippen LogP contribution in [-0.4, -0.2) is 44.0 Å². The zero-order valence-corrected chi connectivity index (χ0v) is 20.0. The lowest BCUT2D eigenvalue weighted by Gasteiger charge is -2.25. The minimum atomic E-state index is -3.00. The second kappa shape index (κ2) is 11.2. The summed E-state index contributed by atoms with van der Waals surface area (Å²) in [6.45, 7) is -0.962. The molecule has 0 atom stereocenters. The van der Waals surface area contributed by atoms with Gasteiger partial charge in [0.15, 0.2) is 11.5 Å². The average Bonchev–Trinajstić information content (AvgIpc) is 2.87. The number of alkyl halides is 2. The van der Waals surface area contributed by atoms with Crippen LogP contribution in [0.1, 0.15) is 37.4 Å². The van der Waals surface area contributed by atoms with Gasteiger partial charge < -0.3 is 25.0 Å². The topological polar surface area (TPSA) is 79.9 Å². The number of anilines is 1. The maximum atomic E-state index is 12.8. The van der Waals surface area contributed by atoms with Crippen LogP contribution >= 0.6 is 0 Å². The van der Waals surface area contributed by atoms with Gasteiger partial charge in [0.05, 0.1) is 7.11 Å². The van der Waals surface area contributed by atoms with Crippen molar-refractivity contribution >= 4 is 17.5 Å². The first-order valence-corrected chi connectivity index (χ1v) is 11.4. The predicted octanol–water partition coefficient (Wildman–Crippen LogP) is 4.47. The van der Waals surface area contributed by atoms with Crippen molar-refractivity contribution in [2.24, 2.45) is 0 Å². The molecule has 0 fully saturated rings. The van der Waals surface area contributed by atoms with Crippen LogP contribution in [0.15, 0.2) is 60.7 Å². The smallest absolute Gasteiger partial charge is 0.387 e. The van der Waals surface area contributed by atoms with E-state index in [1.807, 2.05) is 12.1 Å². The molecule has 1 aliphatic heterocycles. The molecule has 36 heavy (non-hydrogen) atoms. The Labute approximate surface area is 208 Å². The number of ether oxygens (including phenoxy) is 2. The Kier molecular flexibility index (Phi) is 7.80. The van der Waals surface area contributed by atoms with Crippen molar-refractivity contribution in [2.45, 2.75) is 26.1 Å². The summed E-state index contributed by atoms with van der Waals surface area (Å²) in [5.41, 5.74) is 4.67. The molecule has 3 aromatic carbocycles. The molecule has 9 heteroatoms. The van der Waals surface area contributed by atoms with E-state index in [-0.39, 0.29) is 29.5 Å². The van der Waals surface area contributed by atoms with E-state index < -0.39 is 12.5 Å². The third-order valence-electron chi connectivity index (χ3n) is 5.95. The lowest BCUT2D eigenvalue weighted by molar-refractivity contribution is -0.0512. The predicted molar refractivity (Wildman–Crippen MR) is 132 cm³/mol. The maximum Gasteiger partial charge on any atom is 0.387 e. The Bertz CT molecular complexity index is 1270. The van der Waals surface area contributed by atoms with Crippen LogP contribution in [0.2, 0.25) is 0 Å². The van der Waals surface area contributed by atoms with E-state index in [9.17, 15) is 18.4 Å². The fourth-order valence-corrected chi connectivity index (χ4v) is 4.09. The van der Waals surface area contributed by atoms with E-state index in [2.05, 4.69) is 33.4 Å². The second-order valence-corrected chi connectivity index (χ2v) is 8.55. The maximum absolute atomic E-state index is 12.8. The van der Waals surface area contributed by atoms with Crippen molar-refractivity contribution in [3.8, 4) is 11.5 Å². The number of benzene rings is 3. The summed E-state index contributed by atoms with van der Waals surface area (Å²) in [6.07, 6.45) is 0.994. The molecule has 0 spiro atoms. The number of halogens is 2. The minimum absolute atomic E-state index is 0.0236. The summed E-state index contributed by atoms with van der Waals surface area (Å²) < 4.78 is 34.4. The summed E-state index contributed by atoms with van der Waals surface area (Å²) in [6, 6.07) is 16.9. The van der Waals surface area contributed by atoms with Crippen LogP contribution in [0.3, 0.4) is 0 Å². The van der Waals surface area contributed by atoms with Gasteiger partial charge in [0.1, 0.15) is 0 Å². The first-order valence-electron chi connectivity index (χ1n) is 11.4. The number of nitrogens with zero attached hydrogens (tertiary/aromatic N) is 1. The van der Waals surface area contributed by atoms with Gasteiger partial charge in [-0.3, -0.25) is 9.59 Å². The summed E-state index contributed by atoms with van der Waals surface area (Å²) >= 11 is 0. The zero-order valence-electron chi connectivity index (χ0n) is 20.0. The Morgan fingerprint density at radius 2 is 1.78 bits per heavy atom. The molecule has 3 aromatic rings. The van der Waals surface area contributed by atoms with Crippen molar-refractivity contribution in [1.82, 2.24) is 10.2 Å². The molecule has 7 nitrogen and oxygen atoms in total. The van der Waals surface area contributed by atoms with Crippen molar-refractivity contribution in [3.05, 3.63) is 88.5 Å². The number of nitrogens with one attached hydrogen (secondary N) is 2. The highest BCUT2D eigenvalue weighted by atomic mass is 19.3. The zero-order chi connectivity index (χ0) is 25.7. The van der Waals surface area contributed by atoms with Gasteiger partial charge in [-0.15, -0.1) is 0 Å². The number of amides is 2. The monoisotopic (exact) mass is 495 g/mol. The van der Waals surface area contributed by atoms with E-state index in [1.54, 1.807) is 24.3 Å². The van der Waals surface area contributed by atoms with Gasteiger partial charge in [-0.05, 0) is 72.6 Å². The van der Waals surface area contributed by atoms with Gasteiger partial charge in [0.25, 0.3) is 11.8 Å². The highest BCUT2D eigenvalue weighted by Gasteiger charge is 2.16. The van der Waals surface area contributed by atoms with Gasteiger partial charge in [0.2, 0.25) is 0 Å². The largest absolute Gasteiger partial charge is 0.493 e. The van der Waals surface area contributed by atoms with Crippen LogP contribution < -0.4 is 20.1 Å². The quantitative estimate of drug-likeness (QED) is 0.482. The molecule has 0 aromatic heterocycles. The Balaban J connectivity index is 1.38. The van der Waals surface area contributed by atoms with Crippen LogP contribution in [-0.2, 0) is 19.5 Å². The van der Waals surface area contributed by atoms with Crippen LogP contribution in [0.25, 0.3) is 0 Å². The molecule has 2 N–H and O–H groups in total. The summed E-state index contributed by atoms with van der Waals surface area (Å²) in [7, 11) is 3.38. The molecule has 0 bridgehead atoms. The van der Waals surface area contributed by atoms with Gasteiger partial charge in [-0.2, -0.15) is 8.78 Å².